The normalized spacial score (nSPS) is 33.6. The molecule has 1 aliphatic carbocycles. The molecule has 1 saturated heterocycles. The second kappa shape index (κ2) is 5.89. The van der Waals surface area contributed by atoms with Crippen LogP contribution in [0.5, 0.6) is 0 Å². The molecule has 1 spiro atoms. The third-order valence-electron chi connectivity index (χ3n) is 5.36. The third kappa shape index (κ3) is 3.67. The van der Waals surface area contributed by atoms with Gasteiger partial charge < -0.3 is 9.16 Å². The van der Waals surface area contributed by atoms with Gasteiger partial charge in [-0.15, -0.1) is 11.8 Å². The largest absolute Gasteiger partial charge is 0.451 e. The molecule has 2 rings (SSSR count). The maximum absolute atomic E-state index is 11.2. The van der Waals surface area contributed by atoms with Crippen LogP contribution in [0.15, 0.2) is 0 Å². The van der Waals surface area contributed by atoms with E-state index in [4.69, 9.17) is 9.16 Å². The topological polar surface area (TPSA) is 35.5 Å². The van der Waals surface area contributed by atoms with Crippen molar-refractivity contribution < 1.29 is 14.0 Å². The summed E-state index contributed by atoms with van der Waals surface area (Å²) in [6.45, 7) is 13.1. The molecule has 5 heteroatoms. The van der Waals surface area contributed by atoms with Gasteiger partial charge in [-0.1, -0.05) is 20.8 Å². The van der Waals surface area contributed by atoms with Crippen LogP contribution in [0, 0.1) is 0 Å². The molecule has 0 aromatic rings. The van der Waals surface area contributed by atoms with Crippen molar-refractivity contribution in [2.45, 2.75) is 94.2 Å². The van der Waals surface area contributed by atoms with Crippen LogP contribution >= 0.6 is 11.8 Å². The summed E-state index contributed by atoms with van der Waals surface area (Å²) in [6, 6.07) is 0. The summed E-state index contributed by atoms with van der Waals surface area (Å²) in [5.41, 5.74) is 0.0334. The average Bonchev–Trinajstić information content (AvgIpc) is 2.86. The van der Waals surface area contributed by atoms with E-state index in [9.17, 15) is 4.79 Å². The molecule has 1 saturated carbocycles. The second-order valence-electron chi connectivity index (χ2n) is 8.02. The zero-order valence-electron chi connectivity index (χ0n) is 14.3. The molecule has 0 N–H and O–H groups in total. The average molecular weight is 331 g/mol. The maximum atomic E-state index is 11.2. The molecule has 0 bridgehead atoms. The maximum Gasteiger partial charge on any atom is 0.303 e. The van der Waals surface area contributed by atoms with Crippen LogP contribution in [-0.2, 0) is 14.0 Å². The van der Waals surface area contributed by atoms with E-state index >= 15 is 0 Å². The summed E-state index contributed by atoms with van der Waals surface area (Å²) in [5.74, 6) is -0.163. The van der Waals surface area contributed by atoms with Crippen LogP contribution in [0.3, 0.4) is 0 Å². The summed E-state index contributed by atoms with van der Waals surface area (Å²) >= 11 is 1.86. The van der Waals surface area contributed by atoms with Gasteiger partial charge in [-0.25, -0.2) is 0 Å². The fourth-order valence-electron chi connectivity index (χ4n) is 3.14. The van der Waals surface area contributed by atoms with Crippen molar-refractivity contribution in [1.82, 2.24) is 0 Å². The lowest BCUT2D eigenvalue weighted by molar-refractivity contribution is -0.142. The summed E-state index contributed by atoms with van der Waals surface area (Å²) in [6.07, 6.45) is 6.03. The SMILES string of the molecule is CC(=O)O[C@@H]1CC[C@]2(CCC[C@H]2O[Si](C)(C)C(C)(C)C)S1. The van der Waals surface area contributed by atoms with E-state index in [1.54, 1.807) is 0 Å². The van der Waals surface area contributed by atoms with Gasteiger partial charge in [0.05, 0.1) is 6.10 Å². The van der Waals surface area contributed by atoms with Crippen LogP contribution in [0.2, 0.25) is 18.1 Å². The molecule has 21 heavy (non-hydrogen) atoms. The lowest BCUT2D eigenvalue weighted by Gasteiger charge is -2.42. The standard InChI is InChI=1S/C16H30O3SSi/c1-12(17)18-14-9-11-16(20-14)10-7-8-13(16)19-21(5,6)15(2,3)4/h13-14H,7-11H2,1-6H3/t13-,14+,16+/m1/s1. The van der Waals surface area contributed by atoms with Crippen molar-refractivity contribution in [2.75, 3.05) is 0 Å². The number of carbonyl (C=O) groups excluding carboxylic acids is 1. The van der Waals surface area contributed by atoms with E-state index in [1.165, 1.54) is 19.8 Å². The lowest BCUT2D eigenvalue weighted by Crippen LogP contribution is -2.48. The Morgan fingerprint density at radius 3 is 2.48 bits per heavy atom. The van der Waals surface area contributed by atoms with E-state index in [-0.39, 0.29) is 21.2 Å². The van der Waals surface area contributed by atoms with Gasteiger partial charge in [0.1, 0.15) is 5.44 Å². The van der Waals surface area contributed by atoms with E-state index in [1.807, 2.05) is 11.8 Å². The minimum Gasteiger partial charge on any atom is -0.451 e. The number of carbonyl (C=O) groups is 1. The number of hydrogen-bond acceptors (Lipinski definition) is 4. The Morgan fingerprint density at radius 1 is 1.24 bits per heavy atom. The zero-order valence-corrected chi connectivity index (χ0v) is 16.1. The molecule has 0 aromatic heterocycles. The minimum absolute atomic E-state index is 0.0334. The summed E-state index contributed by atoms with van der Waals surface area (Å²) < 4.78 is 12.3. The zero-order chi connectivity index (χ0) is 15.9. The molecule has 3 nitrogen and oxygen atoms in total. The Balaban J connectivity index is 2.06. The predicted octanol–water partition coefficient (Wildman–Crippen LogP) is 4.72. The number of esters is 1. The van der Waals surface area contributed by atoms with Crippen molar-refractivity contribution in [2.24, 2.45) is 0 Å². The molecular formula is C16H30O3SSi. The Kier molecular flexibility index (Phi) is 4.87. The van der Waals surface area contributed by atoms with Crippen LogP contribution < -0.4 is 0 Å². The Labute approximate surface area is 134 Å². The van der Waals surface area contributed by atoms with Gasteiger partial charge in [0.15, 0.2) is 8.32 Å². The molecule has 0 radical (unpaired) electrons. The van der Waals surface area contributed by atoms with Gasteiger partial charge in [-0.2, -0.15) is 0 Å². The highest BCUT2D eigenvalue weighted by atomic mass is 32.2. The quantitative estimate of drug-likeness (QED) is 0.554. The minimum atomic E-state index is -1.74. The van der Waals surface area contributed by atoms with Crippen molar-refractivity contribution in [3.05, 3.63) is 0 Å². The van der Waals surface area contributed by atoms with Crippen molar-refractivity contribution in [3.8, 4) is 0 Å². The van der Waals surface area contributed by atoms with Crippen LogP contribution in [0.25, 0.3) is 0 Å². The van der Waals surface area contributed by atoms with E-state index in [2.05, 4.69) is 33.9 Å². The third-order valence-corrected chi connectivity index (χ3v) is 11.6. The van der Waals surface area contributed by atoms with Gasteiger partial charge in [-0.3, -0.25) is 4.79 Å². The monoisotopic (exact) mass is 330 g/mol. The highest BCUT2D eigenvalue weighted by Crippen LogP contribution is 2.55. The Morgan fingerprint density at radius 2 is 1.90 bits per heavy atom. The molecule has 0 amide bonds. The Hall–Kier alpha value is -0.00312. The van der Waals surface area contributed by atoms with Crippen LogP contribution in [0.1, 0.15) is 59.8 Å². The molecule has 0 aromatic carbocycles. The molecule has 3 atom stereocenters. The molecule has 0 unspecified atom stereocenters. The molecule has 2 fully saturated rings. The number of ether oxygens (including phenoxy) is 1. The fourth-order valence-corrected chi connectivity index (χ4v) is 6.39. The van der Waals surface area contributed by atoms with Crippen molar-refractivity contribution in [1.29, 1.82) is 0 Å². The molecule has 1 aliphatic heterocycles. The van der Waals surface area contributed by atoms with Gasteiger partial charge in [0.25, 0.3) is 0 Å². The Bertz CT molecular complexity index is 405. The van der Waals surface area contributed by atoms with Crippen LogP contribution in [-0.4, -0.2) is 30.6 Å². The van der Waals surface area contributed by atoms with Crippen LogP contribution in [0.4, 0.5) is 0 Å². The predicted molar refractivity (Wildman–Crippen MR) is 91.0 cm³/mol. The van der Waals surface area contributed by atoms with Gasteiger partial charge in [-0.05, 0) is 50.2 Å². The van der Waals surface area contributed by atoms with Gasteiger partial charge in [0.2, 0.25) is 0 Å². The van der Waals surface area contributed by atoms with E-state index in [0.29, 0.717) is 6.10 Å². The first-order valence-corrected chi connectivity index (χ1v) is 11.9. The first kappa shape index (κ1) is 17.4. The number of hydrogen-bond donors (Lipinski definition) is 0. The lowest BCUT2D eigenvalue weighted by atomic mass is 9.99. The van der Waals surface area contributed by atoms with E-state index < -0.39 is 8.32 Å². The highest BCUT2D eigenvalue weighted by molar-refractivity contribution is 8.01. The number of thioether (sulfide) groups is 1. The smallest absolute Gasteiger partial charge is 0.303 e. The number of rotatable bonds is 3. The molecule has 2 aliphatic rings. The van der Waals surface area contributed by atoms with Crippen molar-refractivity contribution in [3.63, 3.8) is 0 Å². The highest BCUT2D eigenvalue weighted by Gasteiger charge is 2.53. The molecular weight excluding hydrogens is 300 g/mol. The van der Waals surface area contributed by atoms with Crippen molar-refractivity contribution >= 4 is 26.0 Å². The fraction of sp³-hybridized carbons (Fsp3) is 0.938. The van der Waals surface area contributed by atoms with Gasteiger partial charge >= 0.3 is 5.97 Å². The second-order valence-corrected chi connectivity index (χ2v) is 14.4. The summed E-state index contributed by atoms with van der Waals surface area (Å²) in [4.78, 5) is 11.2. The van der Waals surface area contributed by atoms with Gasteiger partial charge in [0, 0.05) is 11.7 Å². The molecule has 1 heterocycles. The first-order valence-electron chi connectivity index (χ1n) is 8.09. The molecule has 122 valence electrons. The first-order chi connectivity index (χ1) is 9.56. The summed E-state index contributed by atoms with van der Waals surface area (Å²) in [5, 5.41) is 0.245. The summed E-state index contributed by atoms with van der Waals surface area (Å²) in [7, 11) is -1.74. The van der Waals surface area contributed by atoms with E-state index in [0.717, 1.165) is 19.3 Å².